The monoisotopic (exact) mass is 435 g/mol. The van der Waals surface area contributed by atoms with E-state index in [4.69, 9.17) is 21.7 Å². The Morgan fingerprint density at radius 1 is 1.10 bits per heavy atom. The molecule has 0 radical (unpaired) electrons. The third-order valence-corrected chi connectivity index (χ3v) is 5.46. The molecule has 2 aliphatic rings. The summed E-state index contributed by atoms with van der Waals surface area (Å²) in [5, 5.41) is 3.56. The van der Waals surface area contributed by atoms with Crippen molar-refractivity contribution in [3.8, 4) is 17.2 Å². The van der Waals surface area contributed by atoms with Gasteiger partial charge in [0.15, 0.2) is 16.6 Å². The number of halogens is 2. The van der Waals surface area contributed by atoms with Gasteiger partial charge >= 0.3 is 6.61 Å². The van der Waals surface area contributed by atoms with Gasteiger partial charge in [-0.2, -0.15) is 8.78 Å². The van der Waals surface area contributed by atoms with E-state index in [2.05, 4.69) is 15.0 Å². The smallest absolute Gasteiger partial charge is 0.387 e. The number of nitrogens with one attached hydrogen (secondary N) is 1. The van der Waals surface area contributed by atoms with Crippen molar-refractivity contribution in [3.63, 3.8) is 0 Å². The average molecular weight is 435 g/mol. The zero-order valence-electron chi connectivity index (χ0n) is 16.6. The Morgan fingerprint density at radius 2 is 1.87 bits per heavy atom. The van der Waals surface area contributed by atoms with Crippen LogP contribution in [0.1, 0.15) is 11.1 Å². The van der Waals surface area contributed by atoms with Gasteiger partial charge in [-0.1, -0.05) is 12.1 Å². The van der Waals surface area contributed by atoms with Gasteiger partial charge in [-0.05, 0) is 54.5 Å². The minimum Gasteiger partial charge on any atom is -0.454 e. The summed E-state index contributed by atoms with van der Waals surface area (Å²) in [5.74, 6) is 1.66. The molecule has 0 atom stereocenters. The first-order chi connectivity index (χ1) is 14.5. The molecule has 0 unspecified atom stereocenters. The van der Waals surface area contributed by atoms with Crippen molar-refractivity contribution in [2.45, 2.75) is 20.1 Å². The Balaban J connectivity index is 1.31. The Hall–Kier alpha value is -2.65. The maximum absolute atomic E-state index is 12.7. The van der Waals surface area contributed by atoms with Gasteiger partial charge in [0.25, 0.3) is 0 Å². The molecule has 1 fully saturated rings. The average Bonchev–Trinajstić information content (AvgIpc) is 3.18. The molecular weight excluding hydrogens is 412 g/mol. The highest BCUT2D eigenvalue weighted by Gasteiger charge is 2.21. The number of anilines is 1. The number of thiocarbonyl (C=S) groups is 1. The number of alkyl halides is 2. The minimum absolute atomic E-state index is 0.0915. The van der Waals surface area contributed by atoms with Gasteiger partial charge in [0.2, 0.25) is 6.79 Å². The van der Waals surface area contributed by atoms with Crippen LogP contribution in [0.2, 0.25) is 0 Å². The third-order valence-electron chi connectivity index (χ3n) is 5.10. The van der Waals surface area contributed by atoms with Gasteiger partial charge < -0.3 is 24.4 Å². The zero-order valence-corrected chi connectivity index (χ0v) is 17.4. The number of piperazine rings is 1. The van der Waals surface area contributed by atoms with E-state index < -0.39 is 6.61 Å². The Kier molecular flexibility index (Phi) is 6.19. The minimum atomic E-state index is -2.89. The maximum atomic E-state index is 12.7. The van der Waals surface area contributed by atoms with E-state index in [0.717, 1.165) is 49.8 Å². The number of nitrogens with zero attached hydrogens (tertiary/aromatic N) is 2. The molecule has 4 rings (SSSR count). The van der Waals surface area contributed by atoms with Crippen LogP contribution in [0.3, 0.4) is 0 Å². The lowest BCUT2D eigenvalue weighted by molar-refractivity contribution is -0.0493. The quantitative estimate of drug-likeness (QED) is 0.716. The molecular formula is C21H23F2N3O3S. The number of fused-ring (bicyclic) bond motifs is 1. The van der Waals surface area contributed by atoms with Crippen molar-refractivity contribution in [2.75, 3.05) is 38.3 Å². The van der Waals surface area contributed by atoms with E-state index in [9.17, 15) is 8.78 Å². The summed E-state index contributed by atoms with van der Waals surface area (Å²) in [5.41, 5.74) is 2.44. The van der Waals surface area contributed by atoms with Crippen LogP contribution < -0.4 is 19.5 Å². The molecule has 1 N–H and O–H groups in total. The molecule has 0 aliphatic carbocycles. The molecule has 1 saturated heterocycles. The van der Waals surface area contributed by atoms with Crippen LogP contribution in [0, 0.1) is 6.92 Å². The molecule has 0 spiro atoms. The van der Waals surface area contributed by atoms with Gasteiger partial charge in [-0.25, -0.2) is 0 Å². The zero-order chi connectivity index (χ0) is 21.1. The second kappa shape index (κ2) is 9.01. The molecule has 30 heavy (non-hydrogen) atoms. The van der Waals surface area contributed by atoms with Crippen molar-refractivity contribution in [1.82, 2.24) is 9.80 Å². The van der Waals surface area contributed by atoms with Crippen molar-refractivity contribution in [1.29, 1.82) is 0 Å². The first-order valence-electron chi connectivity index (χ1n) is 9.70. The highest BCUT2D eigenvalue weighted by atomic mass is 32.1. The summed E-state index contributed by atoms with van der Waals surface area (Å²) >= 11 is 5.51. The van der Waals surface area contributed by atoms with Crippen molar-refractivity contribution in [2.24, 2.45) is 0 Å². The Labute approximate surface area is 179 Å². The molecule has 2 aromatic rings. The highest BCUT2D eigenvalue weighted by Crippen LogP contribution is 2.33. The number of aryl methyl sites for hydroxylation is 1. The molecule has 0 saturated carbocycles. The van der Waals surface area contributed by atoms with Gasteiger partial charge in [0.05, 0.1) is 5.69 Å². The normalized spacial score (nSPS) is 16.1. The van der Waals surface area contributed by atoms with Gasteiger partial charge in [0.1, 0.15) is 5.75 Å². The van der Waals surface area contributed by atoms with Crippen LogP contribution in [0.5, 0.6) is 17.2 Å². The van der Waals surface area contributed by atoms with E-state index in [1.807, 2.05) is 36.1 Å². The second-order valence-electron chi connectivity index (χ2n) is 7.26. The fourth-order valence-corrected chi connectivity index (χ4v) is 3.82. The fourth-order valence-electron chi connectivity index (χ4n) is 3.53. The van der Waals surface area contributed by atoms with Gasteiger partial charge in [0, 0.05) is 32.7 Å². The predicted octanol–water partition coefficient (Wildman–Crippen LogP) is 3.84. The van der Waals surface area contributed by atoms with Crippen LogP contribution in [-0.4, -0.2) is 54.5 Å². The van der Waals surface area contributed by atoms with E-state index in [1.54, 1.807) is 12.1 Å². The van der Waals surface area contributed by atoms with E-state index >= 15 is 0 Å². The van der Waals surface area contributed by atoms with Crippen LogP contribution in [0.4, 0.5) is 14.5 Å². The molecule has 9 heteroatoms. The van der Waals surface area contributed by atoms with Crippen molar-refractivity contribution >= 4 is 23.0 Å². The second-order valence-corrected chi connectivity index (χ2v) is 7.65. The highest BCUT2D eigenvalue weighted by molar-refractivity contribution is 7.80. The summed E-state index contributed by atoms with van der Waals surface area (Å²) in [6.45, 7) is 3.18. The van der Waals surface area contributed by atoms with E-state index in [-0.39, 0.29) is 12.5 Å². The maximum Gasteiger partial charge on any atom is 0.387 e. The fraction of sp³-hybridized carbons (Fsp3) is 0.381. The van der Waals surface area contributed by atoms with E-state index in [1.165, 1.54) is 5.56 Å². The summed E-state index contributed by atoms with van der Waals surface area (Å²) in [6.07, 6.45) is 0. The van der Waals surface area contributed by atoms with Gasteiger partial charge in [-0.15, -0.1) is 0 Å². The van der Waals surface area contributed by atoms with Crippen LogP contribution in [-0.2, 0) is 6.54 Å². The van der Waals surface area contributed by atoms with Crippen LogP contribution in [0.25, 0.3) is 0 Å². The first-order valence-corrected chi connectivity index (χ1v) is 10.1. The number of ether oxygens (including phenoxy) is 3. The largest absolute Gasteiger partial charge is 0.454 e. The lowest BCUT2D eigenvalue weighted by Crippen LogP contribution is -2.49. The molecule has 0 bridgehead atoms. The lowest BCUT2D eigenvalue weighted by Gasteiger charge is -2.36. The number of hydrogen-bond donors (Lipinski definition) is 1. The summed E-state index contributed by atoms with van der Waals surface area (Å²) in [4.78, 5) is 4.38. The molecule has 6 nitrogen and oxygen atoms in total. The Bertz CT molecular complexity index is 920. The summed E-state index contributed by atoms with van der Waals surface area (Å²) in [7, 11) is 0. The van der Waals surface area contributed by atoms with Crippen molar-refractivity contribution in [3.05, 3.63) is 47.5 Å². The molecule has 0 amide bonds. The molecule has 2 aliphatic heterocycles. The molecule has 2 aromatic carbocycles. The van der Waals surface area contributed by atoms with Crippen LogP contribution >= 0.6 is 12.2 Å². The van der Waals surface area contributed by atoms with Crippen LogP contribution in [0.15, 0.2) is 36.4 Å². The van der Waals surface area contributed by atoms with Crippen molar-refractivity contribution < 1.29 is 23.0 Å². The molecule has 0 aromatic heterocycles. The third kappa shape index (κ3) is 4.91. The lowest BCUT2D eigenvalue weighted by atomic mass is 10.1. The molecule has 2 heterocycles. The summed E-state index contributed by atoms with van der Waals surface area (Å²) in [6, 6.07) is 11.1. The molecule has 160 valence electrons. The SMILES string of the molecule is Cc1ccc(NC(=S)N2CCN(Cc3ccc4c(c3)OCO4)CC2)c(OC(F)F)c1. The van der Waals surface area contributed by atoms with E-state index in [0.29, 0.717) is 10.8 Å². The predicted molar refractivity (Wildman–Crippen MR) is 113 cm³/mol. The summed E-state index contributed by atoms with van der Waals surface area (Å²) < 4.78 is 40.8. The first kappa shape index (κ1) is 20.6. The standard InChI is InChI=1S/C21H23F2N3O3S/c1-14-2-4-16(18(10-14)29-20(22)23)24-21(30)26-8-6-25(7-9-26)12-15-3-5-17-19(11-15)28-13-27-17/h2-5,10-11,20H,6-9,12-13H2,1H3,(H,24,30). The number of hydrogen-bond acceptors (Lipinski definition) is 5. The van der Waals surface area contributed by atoms with Gasteiger partial charge in [-0.3, -0.25) is 4.90 Å². The Morgan fingerprint density at radius 3 is 2.63 bits per heavy atom. The number of benzene rings is 2. The number of rotatable bonds is 5. The topological polar surface area (TPSA) is 46.2 Å².